The van der Waals surface area contributed by atoms with E-state index < -0.39 is 0 Å². The van der Waals surface area contributed by atoms with Crippen LogP contribution in [0.5, 0.6) is 11.5 Å². The molecule has 1 aromatic rings. The van der Waals surface area contributed by atoms with E-state index in [1.54, 1.807) is 6.08 Å². The lowest BCUT2D eigenvalue weighted by atomic mass is 10.1. The van der Waals surface area contributed by atoms with E-state index in [9.17, 15) is 4.79 Å². The van der Waals surface area contributed by atoms with Crippen molar-refractivity contribution in [2.75, 3.05) is 13.2 Å². The molecular formula is C20H27NO3. The molecule has 0 saturated heterocycles. The van der Waals surface area contributed by atoms with Gasteiger partial charge in [0.25, 0.3) is 0 Å². The van der Waals surface area contributed by atoms with Crippen molar-refractivity contribution in [1.29, 1.82) is 0 Å². The van der Waals surface area contributed by atoms with Gasteiger partial charge in [-0.15, -0.1) is 0 Å². The monoisotopic (exact) mass is 329 g/mol. The predicted octanol–water partition coefficient (Wildman–Crippen LogP) is 3.80. The third-order valence-electron chi connectivity index (χ3n) is 4.56. The number of ether oxygens (including phenoxy) is 2. The van der Waals surface area contributed by atoms with Gasteiger partial charge in [0.1, 0.15) is 0 Å². The largest absolute Gasteiger partial charge is 0.490 e. The van der Waals surface area contributed by atoms with E-state index in [1.165, 1.54) is 25.7 Å². The number of carbonyl (C=O) groups is 1. The van der Waals surface area contributed by atoms with E-state index >= 15 is 0 Å². The van der Waals surface area contributed by atoms with Crippen molar-refractivity contribution in [1.82, 2.24) is 5.32 Å². The van der Waals surface area contributed by atoms with Crippen LogP contribution in [-0.2, 0) is 4.79 Å². The smallest absolute Gasteiger partial charge is 0.244 e. The van der Waals surface area contributed by atoms with Gasteiger partial charge >= 0.3 is 0 Å². The van der Waals surface area contributed by atoms with Crippen LogP contribution in [0.1, 0.15) is 45.1 Å². The number of rotatable bonds is 9. The lowest BCUT2D eigenvalue weighted by Gasteiger charge is -2.16. The molecule has 4 heteroatoms. The van der Waals surface area contributed by atoms with Crippen molar-refractivity contribution in [2.45, 2.75) is 45.6 Å². The number of nitrogens with one attached hydrogen (secondary N) is 1. The van der Waals surface area contributed by atoms with Crippen molar-refractivity contribution < 1.29 is 14.3 Å². The molecule has 0 spiro atoms. The molecule has 3 rings (SSSR count). The maximum Gasteiger partial charge on any atom is 0.244 e. The zero-order valence-corrected chi connectivity index (χ0v) is 14.6. The van der Waals surface area contributed by atoms with Gasteiger partial charge < -0.3 is 14.8 Å². The number of hydrogen-bond acceptors (Lipinski definition) is 3. The molecule has 2 aliphatic carbocycles. The lowest BCUT2D eigenvalue weighted by Crippen LogP contribution is -2.37. The first kappa shape index (κ1) is 16.9. The van der Waals surface area contributed by atoms with Crippen molar-refractivity contribution in [3.05, 3.63) is 29.8 Å². The van der Waals surface area contributed by atoms with Crippen LogP contribution < -0.4 is 14.8 Å². The first-order valence-electron chi connectivity index (χ1n) is 9.09. The summed E-state index contributed by atoms with van der Waals surface area (Å²) in [5, 5.41) is 3.20. The number of amides is 1. The number of carbonyl (C=O) groups excluding carboxylic acids is 1. The Hall–Kier alpha value is -1.97. The Morgan fingerprint density at radius 1 is 1.12 bits per heavy atom. The molecule has 1 aromatic carbocycles. The summed E-state index contributed by atoms with van der Waals surface area (Å²) in [6.45, 7) is 5.07. The molecule has 0 bridgehead atoms. The van der Waals surface area contributed by atoms with Crippen molar-refractivity contribution in [3.63, 3.8) is 0 Å². The molecule has 0 atom stereocenters. The van der Waals surface area contributed by atoms with E-state index in [-0.39, 0.29) is 5.91 Å². The molecule has 0 unspecified atom stereocenters. The van der Waals surface area contributed by atoms with E-state index in [1.807, 2.05) is 38.1 Å². The van der Waals surface area contributed by atoms with Crippen LogP contribution >= 0.6 is 0 Å². The van der Waals surface area contributed by atoms with E-state index in [4.69, 9.17) is 9.47 Å². The number of hydrogen-bond donors (Lipinski definition) is 1. The SMILES string of the molecule is CCOc1ccc(/C=C/C(=O)NC(C2CC2)C2CC2)cc1OCC. The van der Waals surface area contributed by atoms with Gasteiger partial charge in [0.15, 0.2) is 11.5 Å². The predicted molar refractivity (Wildman–Crippen MR) is 95.2 cm³/mol. The summed E-state index contributed by atoms with van der Waals surface area (Å²) < 4.78 is 11.2. The molecular weight excluding hydrogens is 302 g/mol. The molecule has 1 N–H and O–H groups in total. The second kappa shape index (κ2) is 7.73. The molecule has 2 saturated carbocycles. The zero-order valence-electron chi connectivity index (χ0n) is 14.6. The summed E-state index contributed by atoms with van der Waals surface area (Å²) in [6, 6.07) is 6.14. The molecule has 0 aliphatic heterocycles. The van der Waals surface area contributed by atoms with Crippen molar-refractivity contribution in [2.24, 2.45) is 11.8 Å². The van der Waals surface area contributed by atoms with Gasteiger partial charge in [0, 0.05) is 12.1 Å². The molecule has 0 aromatic heterocycles. The van der Waals surface area contributed by atoms with Crippen LogP contribution in [0.2, 0.25) is 0 Å². The molecule has 2 fully saturated rings. The van der Waals surface area contributed by atoms with Crippen molar-refractivity contribution in [3.8, 4) is 11.5 Å². The van der Waals surface area contributed by atoms with Gasteiger partial charge in [0.2, 0.25) is 5.91 Å². The second-order valence-electron chi connectivity index (χ2n) is 6.61. The van der Waals surface area contributed by atoms with Crippen LogP contribution in [0.3, 0.4) is 0 Å². The third-order valence-corrected chi connectivity index (χ3v) is 4.56. The minimum Gasteiger partial charge on any atom is -0.490 e. The minimum absolute atomic E-state index is 0.00523. The summed E-state index contributed by atoms with van der Waals surface area (Å²) in [7, 11) is 0. The molecule has 1 amide bonds. The average Bonchev–Trinajstić information content (AvgIpc) is 3.47. The molecule has 0 heterocycles. The number of benzene rings is 1. The summed E-state index contributed by atoms with van der Waals surface area (Å²) >= 11 is 0. The highest BCUT2D eigenvalue weighted by Crippen LogP contribution is 2.44. The minimum atomic E-state index is 0.00523. The first-order chi connectivity index (χ1) is 11.7. The topological polar surface area (TPSA) is 47.6 Å². The Morgan fingerprint density at radius 3 is 2.33 bits per heavy atom. The van der Waals surface area contributed by atoms with Crippen LogP contribution in [-0.4, -0.2) is 25.2 Å². The molecule has 130 valence electrons. The Balaban J connectivity index is 1.62. The Labute approximate surface area is 144 Å². The van der Waals surface area contributed by atoms with Crippen molar-refractivity contribution >= 4 is 12.0 Å². The summed E-state index contributed by atoms with van der Waals surface area (Å²) in [5.74, 6) is 2.89. The van der Waals surface area contributed by atoms with Gasteiger partial charge in [-0.1, -0.05) is 6.07 Å². The molecule has 0 radical (unpaired) electrons. The average molecular weight is 329 g/mol. The quantitative estimate of drug-likeness (QED) is 0.701. The third kappa shape index (κ3) is 4.53. The fourth-order valence-corrected chi connectivity index (χ4v) is 3.09. The summed E-state index contributed by atoms with van der Waals surface area (Å²) in [4.78, 5) is 12.2. The Kier molecular flexibility index (Phi) is 5.44. The zero-order chi connectivity index (χ0) is 16.9. The standard InChI is InChI=1S/C20H27NO3/c1-3-23-17-11-5-14(13-18(17)24-4-2)6-12-19(22)21-20(15-7-8-15)16-9-10-16/h5-6,11-13,15-16,20H,3-4,7-10H2,1-2H3,(H,21,22)/b12-6+. The maximum atomic E-state index is 12.2. The first-order valence-corrected chi connectivity index (χ1v) is 9.09. The highest BCUT2D eigenvalue weighted by atomic mass is 16.5. The van der Waals surface area contributed by atoms with E-state index in [0.717, 1.165) is 17.1 Å². The second-order valence-corrected chi connectivity index (χ2v) is 6.61. The van der Waals surface area contributed by atoms with Crippen LogP contribution in [0.25, 0.3) is 6.08 Å². The fraction of sp³-hybridized carbons (Fsp3) is 0.550. The molecule has 2 aliphatic rings. The molecule has 24 heavy (non-hydrogen) atoms. The van der Waals surface area contributed by atoms with Gasteiger partial charge in [-0.2, -0.15) is 0 Å². The van der Waals surface area contributed by atoms with Crippen LogP contribution in [0.15, 0.2) is 24.3 Å². The Bertz CT molecular complexity index is 591. The summed E-state index contributed by atoms with van der Waals surface area (Å²) in [5.41, 5.74) is 0.937. The van der Waals surface area contributed by atoms with Gasteiger partial charge in [-0.3, -0.25) is 4.79 Å². The highest BCUT2D eigenvalue weighted by Gasteiger charge is 2.41. The van der Waals surface area contributed by atoms with Crippen LogP contribution in [0.4, 0.5) is 0 Å². The highest BCUT2D eigenvalue weighted by molar-refractivity contribution is 5.92. The van der Waals surface area contributed by atoms with Gasteiger partial charge in [0.05, 0.1) is 13.2 Å². The van der Waals surface area contributed by atoms with Gasteiger partial charge in [-0.05, 0) is 75.1 Å². The maximum absolute atomic E-state index is 12.2. The van der Waals surface area contributed by atoms with Crippen LogP contribution in [0, 0.1) is 11.8 Å². The molecule has 4 nitrogen and oxygen atoms in total. The Morgan fingerprint density at radius 2 is 1.75 bits per heavy atom. The van der Waals surface area contributed by atoms with Gasteiger partial charge in [-0.25, -0.2) is 0 Å². The summed E-state index contributed by atoms with van der Waals surface area (Å²) in [6.07, 6.45) is 8.53. The lowest BCUT2D eigenvalue weighted by molar-refractivity contribution is -0.117. The normalized spacial score (nSPS) is 17.3. The van der Waals surface area contributed by atoms with E-state index in [2.05, 4.69) is 5.32 Å². The fourth-order valence-electron chi connectivity index (χ4n) is 3.09. The van der Waals surface area contributed by atoms with E-state index in [0.29, 0.717) is 31.1 Å².